The number of sulfonamides is 1. The predicted octanol–water partition coefficient (Wildman–Crippen LogP) is 2.29. The summed E-state index contributed by atoms with van der Waals surface area (Å²) in [5, 5.41) is 6.55. The van der Waals surface area contributed by atoms with E-state index in [-0.39, 0.29) is 4.90 Å². The summed E-state index contributed by atoms with van der Waals surface area (Å²) in [5.74, 6) is 0. The second kappa shape index (κ2) is 4.93. The number of aromatic amines is 1. The van der Waals surface area contributed by atoms with Crippen LogP contribution in [0.2, 0.25) is 0 Å². The molecule has 0 aliphatic rings. The molecule has 2 aromatic heterocycles. The largest absolute Gasteiger partial charge is 0.281 e. The molecule has 19 heavy (non-hydrogen) atoms. The summed E-state index contributed by atoms with van der Waals surface area (Å²) in [5.41, 5.74) is 2.21. The Hall–Kier alpha value is -1.41. The molecule has 0 fully saturated rings. The van der Waals surface area contributed by atoms with Gasteiger partial charge in [0.15, 0.2) is 0 Å². The lowest BCUT2D eigenvalue weighted by atomic mass is 10.3. The van der Waals surface area contributed by atoms with Gasteiger partial charge in [-0.2, -0.15) is 5.10 Å². The van der Waals surface area contributed by atoms with Crippen LogP contribution in [0.3, 0.4) is 0 Å². The predicted molar refractivity (Wildman–Crippen MR) is 75.5 cm³/mol. The van der Waals surface area contributed by atoms with Crippen LogP contribution < -0.4 is 4.72 Å². The molecule has 0 unspecified atom stereocenters. The number of hydrogen-bond acceptors (Lipinski definition) is 4. The number of hydrogen-bond donors (Lipinski definition) is 2. The lowest BCUT2D eigenvalue weighted by Crippen LogP contribution is -2.14. The third-order valence-electron chi connectivity index (χ3n) is 2.60. The van der Waals surface area contributed by atoms with Gasteiger partial charge < -0.3 is 0 Å². The van der Waals surface area contributed by atoms with E-state index >= 15 is 0 Å². The van der Waals surface area contributed by atoms with E-state index in [1.165, 1.54) is 6.20 Å². The van der Waals surface area contributed by atoms with Crippen molar-refractivity contribution >= 4 is 31.6 Å². The van der Waals surface area contributed by atoms with Gasteiger partial charge in [-0.3, -0.25) is 9.82 Å². The van der Waals surface area contributed by atoms with Crippen LogP contribution in [-0.2, 0) is 10.0 Å². The van der Waals surface area contributed by atoms with E-state index in [1.54, 1.807) is 19.9 Å². The maximum Gasteiger partial charge on any atom is 0.265 e. The molecule has 0 atom stereocenters. The topological polar surface area (TPSA) is 87.7 Å². The average molecular weight is 345 g/mol. The molecule has 0 amide bonds. The van der Waals surface area contributed by atoms with Gasteiger partial charge in [0.2, 0.25) is 0 Å². The Morgan fingerprint density at radius 3 is 2.53 bits per heavy atom. The van der Waals surface area contributed by atoms with Crippen LogP contribution in [0.4, 0.5) is 5.69 Å². The van der Waals surface area contributed by atoms with Crippen LogP contribution in [0.15, 0.2) is 21.8 Å². The highest BCUT2D eigenvalue weighted by Crippen LogP contribution is 2.22. The van der Waals surface area contributed by atoms with E-state index in [2.05, 4.69) is 35.8 Å². The second-order valence-corrected chi connectivity index (χ2v) is 6.57. The molecule has 0 aliphatic heterocycles. The summed E-state index contributed by atoms with van der Waals surface area (Å²) in [6, 6.07) is 1.71. The lowest BCUT2D eigenvalue weighted by Gasteiger charge is -2.09. The molecule has 0 bridgehead atoms. The van der Waals surface area contributed by atoms with Crippen molar-refractivity contribution < 1.29 is 8.42 Å². The smallest absolute Gasteiger partial charge is 0.265 e. The van der Waals surface area contributed by atoms with Crippen LogP contribution in [0.25, 0.3) is 0 Å². The first-order chi connectivity index (χ1) is 8.81. The number of aryl methyl sites for hydroxylation is 3. The van der Waals surface area contributed by atoms with Gasteiger partial charge in [0.05, 0.1) is 23.3 Å². The van der Waals surface area contributed by atoms with Crippen LogP contribution >= 0.6 is 15.9 Å². The van der Waals surface area contributed by atoms with E-state index in [9.17, 15) is 8.42 Å². The molecule has 2 aromatic rings. The highest BCUT2D eigenvalue weighted by Gasteiger charge is 2.22. The standard InChI is InChI=1S/C11H13BrN4O2S/c1-6-4-9(5-13-11(6)12)16-19(17,18)10-7(2)14-15-8(10)3/h4-5,16H,1-3H3,(H,14,15). The van der Waals surface area contributed by atoms with Crippen molar-refractivity contribution in [3.05, 3.63) is 33.8 Å². The van der Waals surface area contributed by atoms with E-state index in [0.717, 1.165) is 5.56 Å². The molecule has 2 N–H and O–H groups in total. The number of aromatic nitrogens is 3. The first-order valence-electron chi connectivity index (χ1n) is 5.48. The van der Waals surface area contributed by atoms with Crippen molar-refractivity contribution in [1.29, 1.82) is 0 Å². The Morgan fingerprint density at radius 1 is 1.32 bits per heavy atom. The van der Waals surface area contributed by atoms with Gasteiger partial charge in [-0.1, -0.05) is 0 Å². The molecule has 0 radical (unpaired) electrons. The first-order valence-corrected chi connectivity index (χ1v) is 7.75. The van der Waals surface area contributed by atoms with Gasteiger partial charge in [0.1, 0.15) is 9.50 Å². The Bertz CT molecular complexity index is 705. The van der Waals surface area contributed by atoms with E-state index in [1.807, 2.05) is 6.92 Å². The van der Waals surface area contributed by atoms with Crippen LogP contribution in [0, 0.1) is 20.8 Å². The van der Waals surface area contributed by atoms with Crippen molar-refractivity contribution in [2.24, 2.45) is 0 Å². The summed E-state index contributed by atoms with van der Waals surface area (Å²) in [6.45, 7) is 5.14. The zero-order valence-corrected chi connectivity index (χ0v) is 13.1. The van der Waals surface area contributed by atoms with Gasteiger partial charge >= 0.3 is 0 Å². The SMILES string of the molecule is Cc1cc(NS(=O)(=O)c2c(C)n[nH]c2C)cnc1Br. The molecular weight excluding hydrogens is 332 g/mol. The third-order valence-corrected chi connectivity index (χ3v) is 5.07. The molecule has 6 nitrogen and oxygen atoms in total. The molecular formula is C11H13BrN4O2S. The molecule has 2 rings (SSSR count). The number of anilines is 1. The molecule has 0 aliphatic carbocycles. The zero-order chi connectivity index (χ0) is 14.2. The van der Waals surface area contributed by atoms with Crippen LogP contribution in [0.1, 0.15) is 17.0 Å². The van der Waals surface area contributed by atoms with Gasteiger partial charge in [0, 0.05) is 0 Å². The minimum atomic E-state index is -3.66. The Labute approximate surface area is 119 Å². The van der Waals surface area contributed by atoms with Crippen LogP contribution in [-0.4, -0.2) is 23.6 Å². The summed E-state index contributed by atoms with van der Waals surface area (Å²) in [6.07, 6.45) is 1.46. The average Bonchev–Trinajstić information content (AvgIpc) is 2.64. The molecule has 0 saturated heterocycles. The normalized spacial score (nSPS) is 11.6. The Balaban J connectivity index is 2.39. The maximum atomic E-state index is 12.3. The van der Waals surface area contributed by atoms with Crippen molar-refractivity contribution in [3.63, 3.8) is 0 Å². The summed E-state index contributed by atoms with van der Waals surface area (Å²) in [7, 11) is -3.66. The number of pyridine rings is 1. The molecule has 0 spiro atoms. The second-order valence-electron chi connectivity index (χ2n) is 4.20. The third kappa shape index (κ3) is 2.79. The molecule has 0 aromatic carbocycles. The fraction of sp³-hybridized carbons (Fsp3) is 0.273. The van der Waals surface area contributed by atoms with Crippen molar-refractivity contribution in [3.8, 4) is 0 Å². The molecule has 2 heterocycles. The van der Waals surface area contributed by atoms with Crippen molar-refractivity contribution in [2.45, 2.75) is 25.7 Å². The number of halogens is 1. The summed E-state index contributed by atoms with van der Waals surface area (Å²) < 4.78 is 27.8. The van der Waals surface area contributed by atoms with Crippen molar-refractivity contribution in [1.82, 2.24) is 15.2 Å². The molecule has 0 saturated carbocycles. The fourth-order valence-corrected chi connectivity index (χ4v) is 3.38. The molecule has 102 valence electrons. The monoisotopic (exact) mass is 344 g/mol. The van der Waals surface area contributed by atoms with Gasteiger partial charge in [-0.05, 0) is 48.3 Å². The highest BCUT2D eigenvalue weighted by molar-refractivity contribution is 9.10. The maximum absolute atomic E-state index is 12.3. The summed E-state index contributed by atoms with van der Waals surface area (Å²) >= 11 is 3.27. The Kier molecular flexibility index (Phi) is 3.64. The minimum Gasteiger partial charge on any atom is -0.281 e. The lowest BCUT2D eigenvalue weighted by molar-refractivity contribution is 0.600. The summed E-state index contributed by atoms with van der Waals surface area (Å²) in [4.78, 5) is 4.23. The van der Waals surface area contributed by atoms with E-state index in [4.69, 9.17) is 0 Å². The zero-order valence-electron chi connectivity index (χ0n) is 10.7. The quantitative estimate of drug-likeness (QED) is 0.836. The number of nitrogens with zero attached hydrogens (tertiary/aromatic N) is 2. The Morgan fingerprint density at radius 2 is 2.00 bits per heavy atom. The first kappa shape index (κ1) is 14.0. The fourth-order valence-electron chi connectivity index (χ4n) is 1.76. The van der Waals surface area contributed by atoms with Gasteiger partial charge in [-0.15, -0.1) is 0 Å². The van der Waals surface area contributed by atoms with Gasteiger partial charge in [-0.25, -0.2) is 13.4 Å². The molecule has 8 heteroatoms. The van der Waals surface area contributed by atoms with E-state index in [0.29, 0.717) is 21.7 Å². The minimum absolute atomic E-state index is 0.174. The number of H-pyrrole nitrogens is 1. The van der Waals surface area contributed by atoms with Crippen LogP contribution in [0.5, 0.6) is 0 Å². The van der Waals surface area contributed by atoms with E-state index < -0.39 is 10.0 Å². The van der Waals surface area contributed by atoms with Gasteiger partial charge in [0.25, 0.3) is 10.0 Å². The van der Waals surface area contributed by atoms with Crippen molar-refractivity contribution in [2.75, 3.05) is 4.72 Å². The number of nitrogens with one attached hydrogen (secondary N) is 2. The number of rotatable bonds is 3. The highest BCUT2D eigenvalue weighted by atomic mass is 79.9.